The van der Waals surface area contributed by atoms with E-state index in [4.69, 9.17) is 4.74 Å². The number of ether oxygens (including phenoxy) is 1. The first kappa shape index (κ1) is 21.1. The number of sulfonamides is 1. The molecule has 0 aliphatic carbocycles. The van der Waals surface area contributed by atoms with Crippen LogP contribution in [0.25, 0.3) is 0 Å². The van der Waals surface area contributed by atoms with Crippen molar-refractivity contribution in [3.63, 3.8) is 0 Å². The number of benzene rings is 2. The molecule has 2 aromatic carbocycles. The molecule has 2 aromatic rings. The van der Waals surface area contributed by atoms with Crippen LogP contribution in [-0.2, 0) is 14.8 Å². The van der Waals surface area contributed by atoms with Crippen molar-refractivity contribution < 1.29 is 22.3 Å². The fraction of sp³-hybridized carbons (Fsp3) is 0.381. The zero-order valence-electron chi connectivity index (χ0n) is 16.5. The maximum atomic E-state index is 14.5. The third-order valence-electron chi connectivity index (χ3n) is 5.18. The molecule has 0 unspecified atom stereocenters. The fourth-order valence-electron chi connectivity index (χ4n) is 3.31. The van der Waals surface area contributed by atoms with Gasteiger partial charge in [0.05, 0.1) is 17.7 Å². The summed E-state index contributed by atoms with van der Waals surface area (Å²) < 4.78 is 47.0. The minimum Gasteiger partial charge on any atom is -0.497 e. The Labute approximate surface area is 170 Å². The number of piperidine rings is 1. The second kappa shape index (κ2) is 8.82. The molecule has 0 aromatic heterocycles. The van der Waals surface area contributed by atoms with Crippen LogP contribution in [0.4, 0.5) is 10.1 Å². The van der Waals surface area contributed by atoms with Crippen molar-refractivity contribution in [2.75, 3.05) is 31.0 Å². The van der Waals surface area contributed by atoms with Gasteiger partial charge in [-0.25, -0.2) is 12.8 Å². The van der Waals surface area contributed by atoms with Crippen LogP contribution in [0.3, 0.4) is 0 Å². The van der Waals surface area contributed by atoms with Gasteiger partial charge in [-0.15, -0.1) is 0 Å². The molecule has 1 heterocycles. The summed E-state index contributed by atoms with van der Waals surface area (Å²) in [6, 6.07) is 11.4. The molecule has 1 fully saturated rings. The Bertz CT molecular complexity index is 955. The van der Waals surface area contributed by atoms with Crippen LogP contribution in [-0.4, -0.2) is 46.0 Å². The molecule has 0 spiro atoms. The summed E-state index contributed by atoms with van der Waals surface area (Å²) in [5, 5.41) is 0. The van der Waals surface area contributed by atoms with Crippen molar-refractivity contribution in [3.05, 3.63) is 54.3 Å². The number of methoxy groups -OCH3 is 1. The second-order valence-corrected chi connectivity index (χ2v) is 9.06. The maximum absolute atomic E-state index is 14.5. The molecule has 1 amide bonds. The molecule has 6 nitrogen and oxygen atoms in total. The highest BCUT2D eigenvalue weighted by molar-refractivity contribution is 7.92. The lowest BCUT2D eigenvalue weighted by Gasteiger charge is -2.32. The normalized spacial score (nSPS) is 15.2. The quantitative estimate of drug-likeness (QED) is 0.719. The molecule has 0 bridgehead atoms. The number of carbonyl (C=O) groups excluding carboxylic acids is 1. The smallest absolute Gasteiger partial charge is 0.264 e. The highest BCUT2D eigenvalue weighted by atomic mass is 32.2. The van der Waals surface area contributed by atoms with Gasteiger partial charge in [0.2, 0.25) is 5.91 Å². The Kier molecular flexibility index (Phi) is 6.42. The summed E-state index contributed by atoms with van der Waals surface area (Å²) in [5.74, 6) is -0.00782. The van der Waals surface area contributed by atoms with Gasteiger partial charge in [0.1, 0.15) is 18.1 Å². The summed E-state index contributed by atoms with van der Waals surface area (Å²) in [4.78, 5) is 14.5. The Morgan fingerprint density at radius 1 is 1.14 bits per heavy atom. The first-order chi connectivity index (χ1) is 13.8. The Morgan fingerprint density at radius 2 is 1.76 bits per heavy atom. The number of hydrogen-bond acceptors (Lipinski definition) is 4. The van der Waals surface area contributed by atoms with Crippen molar-refractivity contribution >= 4 is 21.6 Å². The molecule has 0 radical (unpaired) electrons. The summed E-state index contributed by atoms with van der Waals surface area (Å²) in [6.45, 7) is 2.83. The van der Waals surface area contributed by atoms with Crippen LogP contribution in [0.1, 0.15) is 19.8 Å². The Balaban J connectivity index is 1.94. The molecule has 156 valence electrons. The topological polar surface area (TPSA) is 66.9 Å². The zero-order valence-corrected chi connectivity index (χ0v) is 17.4. The van der Waals surface area contributed by atoms with E-state index in [0.717, 1.165) is 17.1 Å². The summed E-state index contributed by atoms with van der Waals surface area (Å²) in [5.41, 5.74) is -0.151. The van der Waals surface area contributed by atoms with E-state index >= 15 is 0 Å². The number of hydrogen-bond donors (Lipinski definition) is 0. The van der Waals surface area contributed by atoms with Crippen LogP contribution in [0.5, 0.6) is 5.75 Å². The molecule has 3 rings (SSSR count). The van der Waals surface area contributed by atoms with Gasteiger partial charge in [0.25, 0.3) is 10.0 Å². The predicted molar refractivity (Wildman–Crippen MR) is 109 cm³/mol. The van der Waals surface area contributed by atoms with Crippen LogP contribution in [0.15, 0.2) is 53.4 Å². The van der Waals surface area contributed by atoms with E-state index in [9.17, 15) is 17.6 Å². The zero-order chi connectivity index (χ0) is 21.0. The largest absolute Gasteiger partial charge is 0.497 e. The lowest BCUT2D eigenvalue weighted by molar-refractivity contribution is -0.130. The number of anilines is 1. The minimum atomic E-state index is -4.16. The third-order valence-corrected chi connectivity index (χ3v) is 6.96. The monoisotopic (exact) mass is 420 g/mol. The van der Waals surface area contributed by atoms with Crippen molar-refractivity contribution in [2.45, 2.75) is 24.7 Å². The van der Waals surface area contributed by atoms with Gasteiger partial charge in [-0.1, -0.05) is 19.1 Å². The number of amides is 1. The maximum Gasteiger partial charge on any atom is 0.264 e. The van der Waals surface area contributed by atoms with Crippen molar-refractivity contribution in [2.24, 2.45) is 5.92 Å². The van der Waals surface area contributed by atoms with Gasteiger partial charge in [-0.3, -0.25) is 9.10 Å². The molecule has 0 N–H and O–H groups in total. The minimum absolute atomic E-state index is 0.0402. The lowest BCUT2D eigenvalue weighted by atomic mass is 9.99. The van der Waals surface area contributed by atoms with Gasteiger partial charge in [-0.05, 0) is 55.2 Å². The summed E-state index contributed by atoms with van der Waals surface area (Å²) in [7, 11) is -2.68. The highest BCUT2D eigenvalue weighted by Crippen LogP contribution is 2.28. The van der Waals surface area contributed by atoms with Crippen molar-refractivity contribution in [1.29, 1.82) is 0 Å². The molecule has 29 heavy (non-hydrogen) atoms. The molecular weight excluding hydrogens is 395 g/mol. The van der Waals surface area contributed by atoms with Gasteiger partial charge >= 0.3 is 0 Å². The van der Waals surface area contributed by atoms with Gasteiger partial charge in [-0.2, -0.15) is 0 Å². The first-order valence-electron chi connectivity index (χ1n) is 9.52. The van der Waals surface area contributed by atoms with E-state index in [2.05, 4.69) is 6.92 Å². The third kappa shape index (κ3) is 4.70. The van der Waals surface area contributed by atoms with E-state index in [1.165, 1.54) is 49.6 Å². The van der Waals surface area contributed by atoms with Crippen molar-refractivity contribution in [3.8, 4) is 5.75 Å². The summed E-state index contributed by atoms with van der Waals surface area (Å²) in [6.07, 6.45) is 1.74. The van der Waals surface area contributed by atoms with Gasteiger partial charge in [0.15, 0.2) is 0 Å². The Morgan fingerprint density at radius 3 is 2.34 bits per heavy atom. The molecular formula is C21H25FN2O4S. The van der Waals surface area contributed by atoms with E-state index in [1.807, 2.05) is 0 Å². The number of rotatable bonds is 6. The number of para-hydroxylation sites is 1. The van der Waals surface area contributed by atoms with E-state index < -0.39 is 22.4 Å². The first-order valence-corrected chi connectivity index (χ1v) is 11.0. The average molecular weight is 421 g/mol. The van der Waals surface area contributed by atoms with E-state index in [0.29, 0.717) is 24.8 Å². The van der Waals surface area contributed by atoms with Gasteiger partial charge in [0, 0.05) is 13.1 Å². The van der Waals surface area contributed by atoms with E-state index in [-0.39, 0.29) is 16.5 Å². The molecule has 1 aliphatic rings. The van der Waals surface area contributed by atoms with Crippen LogP contribution in [0.2, 0.25) is 0 Å². The lowest BCUT2D eigenvalue weighted by Crippen LogP contribution is -2.46. The summed E-state index contributed by atoms with van der Waals surface area (Å²) >= 11 is 0. The number of halogens is 1. The SMILES string of the molecule is COc1ccc(S(=O)(=O)N(CC(=O)N2CCC(C)CC2)c2ccccc2F)cc1. The number of likely N-dealkylation sites (tertiary alicyclic amines) is 1. The molecule has 0 atom stereocenters. The fourth-order valence-corrected chi connectivity index (χ4v) is 4.73. The molecule has 0 saturated carbocycles. The number of nitrogens with zero attached hydrogens (tertiary/aromatic N) is 2. The van der Waals surface area contributed by atoms with Crippen molar-refractivity contribution in [1.82, 2.24) is 4.90 Å². The Hall–Kier alpha value is -2.61. The van der Waals surface area contributed by atoms with Crippen LogP contribution >= 0.6 is 0 Å². The van der Waals surface area contributed by atoms with Gasteiger partial charge < -0.3 is 9.64 Å². The molecule has 8 heteroatoms. The second-order valence-electron chi connectivity index (χ2n) is 7.20. The van der Waals surface area contributed by atoms with Crippen LogP contribution in [0, 0.1) is 11.7 Å². The molecule has 1 saturated heterocycles. The number of carbonyl (C=O) groups is 1. The van der Waals surface area contributed by atoms with Crippen LogP contribution < -0.4 is 9.04 Å². The highest BCUT2D eigenvalue weighted by Gasteiger charge is 2.31. The van der Waals surface area contributed by atoms with E-state index in [1.54, 1.807) is 11.0 Å². The molecule has 1 aliphatic heterocycles. The predicted octanol–water partition coefficient (Wildman–Crippen LogP) is 3.29. The standard InChI is InChI=1S/C21H25FN2O4S/c1-16-11-13-23(14-12-16)21(25)15-24(20-6-4-3-5-19(20)22)29(26,27)18-9-7-17(28-2)8-10-18/h3-10,16H,11-15H2,1-2H3. The average Bonchev–Trinajstić information content (AvgIpc) is 2.73.